The highest BCUT2D eigenvalue weighted by Gasteiger charge is 2.18. The van der Waals surface area contributed by atoms with Crippen LogP contribution in [-0.4, -0.2) is 26.9 Å². The van der Waals surface area contributed by atoms with Gasteiger partial charge >= 0.3 is 0 Å². The van der Waals surface area contributed by atoms with Gasteiger partial charge in [-0.3, -0.25) is 0 Å². The predicted molar refractivity (Wildman–Crippen MR) is 62.3 cm³/mol. The van der Waals surface area contributed by atoms with E-state index in [4.69, 9.17) is 9.47 Å². The van der Waals surface area contributed by atoms with Gasteiger partial charge in [-0.1, -0.05) is 22.0 Å². The molecule has 1 fully saturated rings. The van der Waals surface area contributed by atoms with Crippen LogP contribution in [-0.2, 0) is 4.74 Å². The number of morpholine rings is 1. The van der Waals surface area contributed by atoms with Crippen molar-refractivity contribution in [1.29, 1.82) is 0 Å². The van der Waals surface area contributed by atoms with Gasteiger partial charge in [0.15, 0.2) is 0 Å². The average molecular weight is 272 g/mol. The van der Waals surface area contributed by atoms with Gasteiger partial charge in [0, 0.05) is 16.6 Å². The van der Waals surface area contributed by atoms with Gasteiger partial charge in [-0.15, -0.1) is 0 Å². The summed E-state index contributed by atoms with van der Waals surface area (Å²) in [4.78, 5) is 0. The summed E-state index contributed by atoms with van der Waals surface area (Å²) in [6, 6.07) is 6.30. The minimum atomic E-state index is 0.238. The molecule has 0 aliphatic carbocycles. The Labute approximate surface area is 97.9 Å². The molecule has 2 rings (SSSR count). The van der Waals surface area contributed by atoms with E-state index >= 15 is 0 Å². The minimum absolute atomic E-state index is 0.238. The Kier molecular flexibility index (Phi) is 3.61. The van der Waals surface area contributed by atoms with Crippen LogP contribution in [0.4, 0.5) is 0 Å². The molecule has 3 nitrogen and oxygen atoms in total. The van der Waals surface area contributed by atoms with Crippen molar-refractivity contribution in [3.05, 3.63) is 28.2 Å². The first-order valence-electron chi connectivity index (χ1n) is 4.96. The van der Waals surface area contributed by atoms with Crippen LogP contribution in [0.3, 0.4) is 0 Å². The zero-order valence-electron chi connectivity index (χ0n) is 8.63. The fraction of sp³-hybridized carbons (Fsp3) is 0.455. The summed E-state index contributed by atoms with van der Waals surface area (Å²) in [5.74, 6) is 0.896. The second-order valence-electron chi connectivity index (χ2n) is 3.47. The number of hydrogen-bond acceptors (Lipinski definition) is 3. The Morgan fingerprint density at radius 3 is 3.07 bits per heavy atom. The first kappa shape index (κ1) is 10.9. The number of ether oxygens (including phenoxy) is 2. The maximum absolute atomic E-state index is 5.44. The number of hydrogen-bond donors (Lipinski definition) is 1. The molecular weight excluding hydrogens is 258 g/mol. The molecule has 1 aromatic carbocycles. The lowest BCUT2D eigenvalue weighted by Crippen LogP contribution is -2.34. The van der Waals surface area contributed by atoms with E-state index in [1.165, 1.54) is 0 Å². The summed E-state index contributed by atoms with van der Waals surface area (Å²) in [6.07, 6.45) is 0. The molecule has 0 bridgehead atoms. The third-order valence-electron chi connectivity index (χ3n) is 2.49. The Hall–Kier alpha value is -0.580. The summed E-state index contributed by atoms with van der Waals surface area (Å²) in [5.41, 5.74) is 1.15. The summed E-state index contributed by atoms with van der Waals surface area (Å²) in [7, 11) is 1.69. The molecule has 1 heterocycles. The highest BCUT2D eigenvalue weighted by atomic mass is 79.9. The van der Waals surface area contributed by atoms with Crippen molar-refractivity contribution in [3.8, 4) is 5.75 Å². The summed E-state index contributed by atoms with van der Waals surface area (Å²) in [6.45, 7) is 2.39. The van der Waals surface area contributed by atoms with E-state index < -0.39 is 0 Å². The minimum Gasteiger partial charge on any atom is -0.496 e. The molecule has 0 aromatic heterocycles. The van der Waals surface area contributed by atoms with Crippen molar-refractivity contribution in [2.45, 2.75) is 6.04 Å². The van der Waals surface area contributed by atoms with Gasteiger partial charge in [-0.05, 0) is 12.1 Å². The van der Waals surface area contributed by atoms with Gasteiger partial charge in [0.25, 0.3) is 0 Å². The molecule has 1 aromatic rings. The quantitative estimate of drug-likeness (QED) is 0.894. The Morgan fingerprint density at radius 1 is 1.53 bits per heavy atom. The van der Waals surface area contributed by atoms with Gasteiger partial charge in [0.1, 0.15) is 5.75 Å². The van der Waals surface area contributed by atoms with E-state index in [9.17, 15) is 0 Å². The SMILES string of the molecule is COc1cc(Br)ccc1[C@H]1COCCN1. The van der Waals surface area contributed by atoms with Crippen molar-refractivity contribution in [2.24, 2.45) is 0 Å². The van der Waals surface area contributed by atoms with Gasteiger partial charge < -0.3 is 14.8 Å². The molecule has 0 saturated carbocycles. The van der Waals surface area contributed by atoms with Gasteiger partial charge in [0.05, 0.1) is 26.4 Å². The monoisotopic (exact) mass is 271 g/mol. The Morgan fingerprint density at radius 2 is 2.40 bits per heavy atom. The van der Waals surface area contributed by atoms with E-state index in [-0.39, 0.29) is 6.04 Å². The van der Waals surface area contributed by atoms with E-state index in [1.807, 2.05) is 12.1 Å². The first-order valence-corrected chi connectivity index (χ1v) is 5.75. The Bertz CT molecular complexity index is 337. The van der Waals surface area contributed by atoms with Crippen LogP contribution in [0, 0.1) is 0 Å². The highest BCUT2D eigenvalue weighted by Crippen LogP contribution is 2.29. The second kappa shape index (κ2) is 4.96. The lowest BCUT2D eigenvalue weighted by molar-refractivity contribution is 0.0760. The summed E-state index contributed by atoms with van der Waals surface area (Å²) in [5, 5.41) is 3.41. The summed E-state index contributed by atoms with van der Waals surface area (Å²) < 4.78 is 11.8. The first-order chi connectivity index (χ1) is 7.31. The lowest BCUT2D eigenvalue weighted by Gasteiger charge is -2.25. The molecule has 15 heavy (non-hydrogen) atoms. The van der Waals surface area contributed by atoms with Crippen molar-refractivity contribution in [3.63, 3.8) is 0 Å². The molecular formula is C11H14BrNO2. The topological polar surface area (TPSA) is 30.5 Å². The van der Waals surface area contributed by atoms with Gasteiger partial charge in [0.2, 0.25) is 0 Å². The zero-order chi connectivity index (χ0) is 10.7. The van der Waals surface area contributed by atoms with Gasteiger partial charge in [-0.2, -0.15) is 0 Å². The van der Waals surface area contributed by atoms with E-state index in [0.29, 0.717) is 6.61 Å². The molecule has 1 N–H and O–H groups in total. The van der Waals surface area contributed by atoms with E-state index in [1.54, 1.807) is 7.11 Å². The van der Waals surface area contributed by atoms with Crippen LogP contribution in [0.15, 0.2) is 22.7 Å². The second-order valence-corrected chi connectivity index (χ2v) is 4.38. The lowest BCUT2D eigenvalue weighted by atomic mass is 10.1. The standard InChI is InChI=1S/C11H14BrNO2/c1-14-11-6-8(12)2-3-9(11)10-7-15-5-4-13-10/h2-3,6,10,13H,4-5,7H2,1H3/t10-/m1/s1. The normalized spacial score (nSPS) is 21.3. The zero-order valence-corrected chi connectivity index (χ0v) is 10.2. The maximum atomic E-state index is 5.44. The smallest absolute Gasteiger partial charge is 0.124 e. The predicted octanol–water partition coefficient (Wildman–Crippen LogP) is 2.12. The highest BCUT2D eigenvalue weighted by molar-refractivity contribution is 9.10. The number of methoxy groups -OCH3 is 1. The van der Waals surface area contributed by atoms with Crippen LogP contribution >= 0.6 is 15.9 Å². The maximum Gasteiger partial charge on any atom is 0.124 e. The van der Waals surface area contributed by atoms with Crippen LogP contribution in [0.5, 0.6) is 5.75 Å². The molecule has 1 aliphatic heterocycles. The molecule has 0 radical (unpaired) electrons. The summed E-state index contributed by atoms with van der Waals surface area (Å²) >= 11 is 3.43. The number of benzene rings is 1. The average Bonchev–Trinajstić information content (AvgIpc) is 2.30. The Balaban J connectivity index is 2.25. The molecule has 0 unspecified atom stereocenters. The molecule has 0 amide bonds. The number of nitrogens with one attached hydrogen (secondary N) is 1. The molecule has 1 atom stereocenters. The molecule has 1 aliphatic rings. The van der Waals surface area contributed by atoms with Crippen molar-refractivity contribution in [2.75, 3.05) is 26.9 Å². The number of halogens is 1. The molecule has 4 heteroatoms. The van der Waals surface area contributed by atoms with Crippen molar-refractivity contribution in [1.82, 2.24) is 5.32 Å². The van der Waals surface area contributed by atoms with Gasteiger partial charge in [-0.25, -0.2) is 0 Å². The fourth-order valence-electron chi connectivity index (χ4n) is 1.74. The van der Waals surface area contributed by atoms with Crippen molar-refractivity contribution < 1.29 is 9.47 Å². The van der Waals surface area contributed by atoms with Crippen LogP contribution in [0.25, 0.3) is 0 Å². The van der Waals surface area contributed by atoms with E-state index in [2.05, 4.69) is 27.3 Å². The van der Waals surface area contributed by atoms with Crippen LogP contribution in [0.2, 0.25) is 0 Å². The van der Waals surface area contributed by atoms with Crippen LogP contribution < -0.4 is 10.1 Å². The number of rotatable bonds is 2. The molecule has 0 spiro atoms. The van der Waals surface area contributed by atoms with E-state index in [0.717, 1.165) is 28.9 Å². The van der Waals surface area contributed by atoms with Crippen LogP contribution in [0.1, 0.15) is 11.6 Å². The third-order valence-corrected chi connectivity index (χ3v) is 2.99. The molecule has 82 valence electrons. The van der Waals surface area contributed by atoms with Crippen molar-refractivity contribution >= 4 is 15.9 Å². The largest absolute Gasteiger partial charge is 0.496 e. The fourth-order valence-corrected chi connectivity index (χ4v) is 2.08. The molecule has 1 saturated heterocycles. The third kappa shape index (κ3) is 2.51.